The predicted molar refractivity (Wildman–Crippen MR) is 72.5 cm³/mol. The molecule has 0 bridgehead atoms. The lowest BCUT2D eigenvalue weighted by Gasteiger charge is -1.95. The first-order valence-electron chi connectivity index (χ1n) is 5.19. The molecule has 0 N–H and O–H groups in total. The Balaban J connectivity index is 2.10. The van der Waals surface area contributed by atoms with Gasteiger partial charge in [0, 0.05) is 23.6 Å². The van der Waals surface area contributed by atoms with Crippen LogP contribution in [0.15, 0.2) is 28.0 Å². The molecule has 0 radical (unpaired) electrons. The molecule has 2 aromatic heterocycles. The minimum absolute atomic E-state index is 0.677. The van der Waals surface area contributed by atoms with Crippen molar-refractivity contribution in [3.63, 3.8) is 0 Å². The molecule has 0 spiro atoms. The predicted octanol–water partition coefficient (Wildman–Crippen LogP) is 3.69. The maximum atomic E-state index is 5.44. The fraction of sp³-hybridized carbons (Fsp3) is 0.167. The van der Waals surface area contributed by atoms with Crippen molar-refractivity contribution in [2.45, 2.75) is 12.7 Å². The van der Waals surface area contributed by atoms with Crippen LogP contribution < -0.4 is 0 Å². The molecule has 3 nitrogen and oxygen atoms in total. The molecule has 5 heteroatoms. The molecule has 0 atom stereocenters. The van der Waals surface area contributed by atoms with Gasteiger partial charge >= 0.3 is 0 Å². The van der Waals surface area contributed by atoms with Gasteiger partial charge in [-0.05, 0) is 18.2 Å². The van der Waals surface area contributed by atoms with E-state index in [1.165, 1.54) is 0 Å². The standard InChI is InChI=1S/C12H10N2OS2/c1-7-13-9-4-8(2-3-11(9)15-7)10-6-17-12(5-16)14-10/h2-4,6,16H,5H2,1H3. The topological polar surface area (TPSA) is 38.9 Å². The van der Waals surface area contributed by atoms with Crippen molar-refractivity contribution in [2.24, 2.45) is 0 Å². The zero-order valence-corrected chi connectivity index (χ0v) is 10.9. The number of hydrogen-bond donors (Lipinski definition) is 1. The van der Waals surface area contributed by atoms with Gasteiger partial charge in [-0.3, -0.25) is 0 Å². The highest BCUT2D eigenvalue weighted by molar-refractivity contribution is 7.79. The molecule has 0 saturated heterocycles. The molecule has 0 aliphatic rings. The molecule has 17 heavy (non-hydrogen) atoms. The summed E-state index contributed by atoms with van der Waals surface area (Å²) in [4.78, 5) is 8.82. The van der Waals surface area contributed by atoms with Gasteiger partial charge in [-0.25, -0.2) is 9.97 Å². The number of fused-ring (bicyclic) bond motifs is 1. The summed E-state index contributed by atoms with van der Waals surface area (Å²) >= 11 is 5.84. The Labute approximate surface area is 108 Å². The van der Waals surface area contributed by atoms with E-state index >= 15 is 0 Å². The molecular weight excluding hydrogens is 252 g/mol. The molecule has 0 fully saturated rings. The molecule has 0 aliphatic heterocycles. The van der Waals surface area contributed by atoms with Crippen LogP contribution in [-0.4, -0.2) is 9.97 Å². The van der Waals surface area contributed by atoms with Crippen LogP contribution in [0.3, 0.4) is 0 Å². The van der Waals surface area contributed by atoms with E-state index < -0.39 is 0 Å². The third-order valence-corrected chi connectivity index (χ3v) is 3.84. The number of oxazole rings is 1. The first-order chi connectivity index (χ1) is 8.26. The van der Waals surface area contributed by atoms with Gasteiger partial charge in [0.25, 0.3) is 0 Å². The van der Waals surface area contributed by atoms with Crippen LogP contribution in [0.2, 0.25) is 0 Å². The summed E-state index contributed by atoms with van der Waals surface area (Å²) in [5, 5.41) is 3.07. The fourth-order valence-electron chi connectivity index (χ4n) is 1.72. The van der Waals surface area contributed by atoms with Crippen molar-refractivity contribution in [3.8, 4) is 11.3 Å². The number of benzene rings is 1. The summed E-state index contributed by atoms with van der Waals surface area (Å²) in [7, 11) is 0. The molecule has 86 valence electrons. The van der Waals surface area contributed by atoms with Gasteiger partial charge in [-0.1, -0.05) is 0 Å². The summed E-state index contributed by atoms with van der Waals surface area (Å²) in [5.41, 5.74) is 3.73. The summed E-state index contributed by atoms with van der Waals surface area (Å²) in [6.45, 7) is 1.85. The summed E-state index contributed by atoms with van der Waals surface area (Å²) in [6.07, 6.45) is 0. The smallest absolute Gasteiger partial charge is 0.192 e. The Bertz CT molecular complexity index is 672. The number of hydrogen-bond acceptors (Lipinski definition) is 5. The first-order valence-corrected chi connectivity index (χ1v) is 6.70. The van der Waals surface area contributed by atoms with Crippen molar-refractivity contribution >= 4 is 35.1 Å². The van der Waals surface area contributed by atoms with Crippen LogP contribution in [0.5, 0.6) is 0 Å². The average molecular weight is 262 g/mol. The molecule has 0 saturated carbocycles. The Morgan fingerprint density at radius 3 is 3.00 bits per heavy atom. The lowest BCUT2D eigenvalue weighted by molar-refractivity contribution is 0.561. The number of thiol groups is 1. The van der Waals surface area contributed by atoms with Crippen LogP contribution in [0.1, 0.15) is 10.9 Å². The van der Waals surface area contributed by atoms with Gasteiger partial charge in [-0.15, -0.1) is 11.3 Å². The van der Waals surface area contributed by atoms with Gasteiger partial charge in [-0.2, -0.15) is 12.6 Å². The minimum atomic E-state index is 0.677. The zero-order valence-electron chi connectivity index (χ0n) is 9.17. The van der Waals surface area contributed by atoms with Crippen molar-refractivity contribution < 1.29 is 4.42 Å². The largest absolute Gasteiger partial charge is 0.441 e. The van der Waals surface area contributed by atoms with E-state index in [0.717, 1.165) is 27.4 Å². The number of thiazole rings is 1. The number of rotatable bonds is 2. The van der Waals surface area contributed by atoms with Gasteiger partial charge in [0.15, 0.2) is 11.5 Å². The average Bonchev–Trinajstić information content (AvgIpc) is 2.92. The van der Waals surface area contributed by atoms with Crippen molar-refractivity contribution in [1.29, 1.82) is 0 Å². The monoisotopic (exact) mass is 262 g/mol. The molecule has 1 aromatic carbocycles. The minimum Gasteiger partial charge on any atom is -0.441 e. The van der Waals surface area contributed by atoms with Gasteiger partial charge in [0.1, 0.15) is 10.5 Å². The van der Waals surface area contributed by atoms with Gasteiger partial charge in [0.05, 0.1) is 5.69 Å². The van der Waals surface area contributed by atoms with Crippen molar-refractivity contribution in [2.75, 3.05) is 0 Å². The maximum absolute atomic E-state index is 5.44. The maximum Gasteiger partial charge on any atom is 0.192 e. The molecule has 3 aromatic rings. The SMILES string of the molecule is Cc1nc2cc(-c3csc(CS)n3)ccc2o1. The molecule has 0 unspecified atom stereocenters. The molecule has 3 rings (SSSR count). The van der Waals surface area contributed by atoms with E-state index in [0.29, 0.717) is 11.6 Å². The summed E-state index contributed by atoms with van der Waals surface area (Å²) < 4.78 is 5.44. The van der Waals surface area contributed by atoms with Crippen LogP contribution >= 0.6 is 24.0 Å². The summed E-state index contributed by atoms with van der Waals surface area (Å²) in [6, 6.07) is 5.94. The Morgan fingerprint density at radius 2 is 2.24 bits per heavy atom. The number of aromatic nitrogens is 2. The van der Waals surface area contributed by atoms with Crippen LogP contribution in [-0.2, 0) is 5.75 Å². The van der Waals surface area contributed by atoms with Crippen LogP contribution in [0.4, 0.5) is 0 Å². The normalized spacial score (nSPS) is 11.2. The van der Waals surface area contributed by atoms with Crippen molar-refractivity contribution in [1.82, 2.24) is 9.97 Å². The fourth-order valence-corrected chi connectivity index (χ4v) is 2.67. The van der Waals surface area contributed by atoms with E-state index in [2.05, 4.69) is 22.6 Å². The Morgan fingerprint density at radius 1 is 1.35 bits per heavy atom. The second-order valence-corrected chi connectivity index (χ2v) is 4.96. The third-order valence-electron chi connectivity index (χ3n) is 2.48. The molecule has 2 heterocycles. The number of aryl methyl sites for hydroxylation is 1. The van der Waals surface area contributed by atoms with E-state index in [1.807, 2.05) is 30.5 Å². The van der Waals surface area contributed by atoms with E-state index in [9.17, 15) is 0 Å². The highest BCUT2D eigenvalue weighted by Crippen LogP contribution is 2.26. The zero-order chi connectivity index (χ0) is 11.8. The quantitative estimate of drug-likeness (QED) is 0.716. The van der Waals surface area contributed by atoms with E-state index in [1.54, 1.807) is 11.3 Å². The lowest BCUT2D eigenvalue weighted by Crippen LogP contribution is -1.80. The third kappa shape index (κ3) is 1.96. The Hall–Kier alpha value is -1.33. The number of nitrogens with zero attached hydrogens (tertiary/aromatic N) is 2. The molecule has 0 aliphatic carbocycles. The second kappa shape index (κ2) is 4.16. The Kier molecular flexibility index (Phi) is 2.64. The van der Waals surface area contributed by atoms with Gasteiger partial charge in [0.2, 0.25) is 0 Å². The highest BCUT2D eigenvalue weighted by Gasteiger charge is 2.07. The van der Waals surface area contributed by atoms with E-state index in [-0.39, 0.29) is 0 Å². The molecule has 0 amide bonds. The summed E-state index contributed by atoms with van der Waals surface area (Å²) in [5.74, 6) is 1.36. The van der Waals surface area contributed by atoms with E-state index in [4.69, 9.17) is 4.42 Å². The van der Waals surface area contributed by atoms with Crippen LogP contribution in [0.25, 0.3) is 22.4 Å². The van der Waals surface area contributed by atoms with Crippen molar-refractivity contribution in [3.05, 3.63) is 34.5 Å². The van der Waals surface area contributed by atoms with Gasteiger partial charge < -0.3 is 4.42 Å². The second-order valence-electron chi connectivity index (χ2n) is 3.70. The van der Waals surface area contributed by atoms with Crippen LogP contribution in [0, 0.1) is 6.92 Å². The molecular formula is C12H10N2OS2. The highest BCUT2D eigenvalue weighted by atomic mass is 32.1. The first kappa shape index (κ1) is 10.8. The lowest BCUT2D eigenvalue weighted by atomic mass is 10.1.